The Labute approximate surface area is 120 Å². The van der Waals surface area contributed by atoms with Crippen LogP contribution in [-0.2, 0) is 9.53 Å². The number of carbonyl (C=O) groups is 1. The van der Waals surface area contributed by atoms with E-state index < -0.39 is 0 Å². The van der Waals surface area contributed by atoms with Gasteiger partial charge in [-0.25, -0.2) is 4.79 Å². The van der Waals surface area contributed by atoms with Crippen molar-refractivity contribution in [2.24, 2.45) is 16.5 Å². The number of carbonyl (C=O) groups excluding carboxylic acids is 1. The topological polar surface area (TPSA) is 90.7 Å². The average Bonchev–Trinajstić information content (AvgIpc) is 2.32. The predicted molar refractivity (Wildman–Crippen MR) is 68.4 cm³/mol. The second-order valence-corrected chi connectivity index (χ2v) is 3.98. The molecule has 0 aromatic carbocycles. The summed E-state index contributed by atoms with van der Waals surface area (Å²) in [6, 6.07) is 0. The maximum absolute atomic E-state index is 11.6. The van der Waals surface area contributed by atoms with Gasteiger partial charge in [0.1, 0.15) is 6.61 Å². The number of rotatable bonds is 8. The van der Waals surface area contributed by atoms with Crippen molar-refractivity contribution in [3.63, 3.8) is 0 Å². The number of nitrogens with two attached hydrogens (primary N) is 2. The van der Waals surface area contributed by atoms with Crippen LogP contribution in [-0.4, -0.2) is 55.7 Å². The van der Waals surface area contributed by atoms with Gasteiger partial charge >= 0.3 is 5.97 Å². The average molecular weight is 325 g/mol. The van der Waals surface area contributed by atoms with Crippen LogP contribution in [0.25, 0.3) is 0 Å². The van der Waals surface area contributed by atoms with Gasteiger partial charge in [0.25, 0.3) is 0 Å². The number of hydrogen-bond donors (Lipinski definition) is 2. The number of guanidine groups is 1. The Morgan fingerprint density at radius 2 is 1.67 bits per heavy atom. The zero-order valence-corrected chi connectivity index (χ0v) is 13.1. The maximum atomic E-state index is 11.6. The second-order valence-electron chi connectivity index (χ2n) is 3.98. The van der Waals surface area contributed by atoms with Crippen molar-refractivity contribution >= 4 is 11.9 Å². The molecule has 0 spiro atoms. The predicted octanol–water partition coefficient (Wildman–Crippen LogP) is -3.32. The SMILES string of the molecule is CC[N+](CC)(CC)CC(=O)OCCN=C(N)N.[Br-]. The zero-order chi connectivity index (χ0) is 13.3. The van der Waals surface area contributed by atoms with Crippen molar-refractivity contribution in [2.45, 2.75) is 20.8 Å². The lowest BCUT2D eigenvalue weighted by atomic mass is 10.3. The summed E-state index contributed by atoms with van der Waals surface area (Å²) in [5.41, 5.74) is 10.3. The Morgan fingerprint density at radius 1 is 1.17 bits per heavy atom. The summed E-state index contributed by atoms with van der Waals surface area (Å²) in [5.74, 6) is -0.178. The molecule has 0 atom stereocenters. The molecule has 0 radical (unpaired) electrons. The number of likely N-dealkylation sites (N-methyl/N-ethyl adjacent to an activating group) is 1. The lowest BCUT2D eigenvalue weighted by Crippen LogP contribution is -3.00. The van der Waals surface area contributed by atoms with Crippen LogP contribution in [0.2, 0.25) is 0 Å². The number of hydrogen-bond acceptors (Lipinski definition) is 3. The molecule has 0 aliphatic rings. The summed E-state index contributed by atoms with van der Waals surface area (Å²) < 4.78 is 5.83. The molecule has 0 bridgehead atoms. The molecular formula is C11H25BrN4O2. The summed E-state index contributed by atoms with van der Waals surface area (Å²) >= 11 is 0. The van der Waals surface area contributed by atoms with Crippen LogP contribution in [0.1, 0.15) is 20.8 Å². The van der Waals surface area contributed by atoms with Crippen LogP contribution in [0, 0.1) is 0 Å². The van der Waals surface area contributed by atoms with Crippen molar-refractivity contribution in [1.29, 1.82) is 0 Å². The lowest BCUT2D eigenvalue weighted by Gasteiger charge is -2.34. The minimum absolute atomic E-state index is 0. The third kappa shape index (κ3) is 7.50. The molecule has 0 aromatic heterocycles. The monoisotopic (exact) mass is 324 g/mol. The standard InChI is InChI=1S/C11H25N4O2.BrH/c1-4-15(5-2,6-3)9-10(16)17-8-7-14-11(12)13;/h4-9H2,1-3H3,(H4,12,13,14);1H/q+1;/p-1. The molecule has 0 saturated carbocycles. The third-order valence-corrected chi connectivity index (χ3v) is 3.13. The first kappa shape index (κ1) is 19.5. The van der Waals surface area contributed by atoms with Gasteiger partial charge in [-0.2, -0.15) is 0 Å². The van der Waals surface area contributed by atoms with E-state index in [1.807, 2.05) is 0 Å². The number of aliphatic imine (C=N–C) groups is 1. The van der Waals surface area contributed by atoms with Crippen LogP contribution in [0.15, 0.2) is 4.99 Å². The zero-order valence-electron chi connectivity index (χ0n) is 11.5. The molecule has 7 heteroatoms. The van der Waals surface area contributed by atoms with Gasteiger partial charge < -0.3 is 37.7 Å². The molecule has 0 aromatic rings. The Kier molecular flexibility index (Phi) is 11.0. The van der Waals surface area contributed by atoms with Gasteiger partial charge in [-0.3, -0.25) is 4.99 Å². The highest BCUT2D eigenvalue weighted by atomic mass is 79.9. The smallest absolute Gasteiger partial charge is 0.361 e. The van der Waals surface area contributed by atoms with Crippen LogP contribution in [0.3, 0.4) is 0 Å². The highest BCUT2D eigenvalue weighted by Crippen LogP contribution is 2.05. The number of quaternary nitrogens is 1. The summed E-state index contributed by atoms with van der Waals surface area (Å²) in [4.78, 5) is 15.4. The molecule has 0 aliphatic carbocycles. The van der Waals surface area contributed by atoms with Crippen molar-refractivity contribution < 1.29 is 31.0 Å². The van der Waals surface area contributed by atoms with E-state index >= 15 is 0 Å². The lowest BCUT2D eigenvalue weighted by molar-refractivity contribution is -0.916. The molecular weight excluding hydrogens is 300 g/mol. The summed E-state index contributed by atoms with van der Waals surface area (Å²) in [7, 11) is 0. The first-order valence-corrected chi connectivity index (χ1v) is 6.05. The largest absolute Gasteiger partial charge is 1.00 e. The van der Waals surface area contributed by atoms with Crippen LogP contribution >= 0.6 is 0 Å². The molecule has 0 aliphatic heterocycles. The van der Waals surface area contributed by atoms with E-state index in [1.165, 1.54) is 0 Å². The quantitative estimate of drug-likeness (QED) is 0.161. The first-order valence-electron chi connectivity index (χ1n) is 6.05. The van der Waals surface area contributed by atoms with Crippen molar-refractivity contribution in [2.75, 3.05) is 39.3 Å². The second kappa shape index (κ2) is 10.1. The van der Waals surface area contributed by atoms with Gasteiger partial charge in [-0.15, -0.1) is 0 Å². The fraction of sp³-hybridized carbons (Fsp3) is 0.818. The molecule has 6 nitrogen and oxygen atoms in total. The highest BCUT2D eigenvalue weighted by Gasteiger charge is 2.25. The number of nitrogens with zero attached hydrogens (tertiary/aromatic N) is 2. The Bertz CT molecular complexity index is 256. The molecule has 0 rings (SSSR count). The fourth-order valence-electron chi connectivity index (χ4n) is 1.66. The van der Waals surface area contributed by atoms with Crippen molar-refractivity contribution in [3.05, 3.63) is 0 Å². The van der Waals surface area contributed by atoms with E-state index in [2.05, 4.69) is 25.8 Å². The Hall–Kier alpha value is -0.820. The van der Waals surface area contributed by atoms with Gasteiger partial charge in [0.15, 0.2) is 12.5 Å². The van der Waals surface area contributed by atoms with E-state index in [-0.39, 0.29) is 35.5 Å². The van der Waals surface area contributed by atoms with E-state index in [4.69, 9.17) is 16.2 Å². The van der Waals surface area contributed by atoms with Gasteiger partial charge in [0.05, 0.1) is 26.2 Å². The van der Waals surface area contributed by atoms with Gasteiger partial charge in [0, 0.05) is 0 Å². The minimum Gasteiger partial charge on any atom is -1.00 e. The maximum Gasteiger partial charge on any atom is 0.361 e. The summed E-state index contributed by atoms with van der Waals surface area (Å²) in [5, 5.41) is 0. The minimum atomic E-state index is -0.193. The first-order chi connectivity index (χ1) is 7.99. The van der Waals surface area contributed by atoms with E-state index in [9.17, 15) is 4.79 Å². The molecule has 108 valence electrons. The number of esters is 1. The van der Waals surface area contributed by atoms with Gasteiger partial charge in [0.2, 0.25) is 0 Å². The van der Waals surface area contributed by atoms with E-state index in [0.29, 0.717) is 13.1 Å². The molecule has 0 amide bonds. The van der Waals surface area contributed by atoms with Crippen molar-refractivity contribution in [1.82, 2.24) is 0 Å². The molecule has 18 heavy (non-hydrogen) atoms. The van der Waals surface area contributed by atoms with Gasteiger partial charge in [-0.1, -0.05) is 0 Å². The third-order valence-electron chi connectivity index (χ3n) is 3.13. The fourth-order valence-corrected chi connectivity index (χ4v) is 1.66. The highest BCUT2D eigenvalue weighted by molar-refractivity contribution is 5.75. The Morgan fingerprint density at radius 3 is 2.06 bits per heavy atom. The van der Waals surface area contributed by atoms with Crippen molar-refractivity contribution in [3.8, 4) is 0 Å². The Balaban J connectivity index is 0. The summed E-state index contributed by atoms with van der Waals surface area (Å²) in [6.45, 7) is 9.98. The summed E-state index contributed by atoms with van der Waals surface area (Å²) in [6.07, 6.45) is 0. The van der Waals surface area contributed by atoms with Crippen LogP contribution in [0.5, 0.6) is 0 Å². The normalized spacial score (nSPS) is 10.4. The molecule has 4 N–H and O–H groups in total. The van der Waals surface area contributed by atoms with Gasteiger partial charge in [-0.05, 0) is 20.8 Å². The number of ether oxygens (including phenoxy) is 1. The number of halogens is 1. The molecule has 0 unspecified atom stereocenters. The van der Waals surface area contributed by atoms with Crippen LogP contribution in [0.4, 0.5) is 0 Å². The molecule has 0 heterocycles. The van der Waals surface area contributed by atoms with E-state index in [1.54, 1.807) is 0 Å². The molecule has 0 saturated heterocycles. The molecule has 0 fully saturated rings. The van der Waals surface area contributed by atoms with Crippen LogP contribution < -0.4 is 28.4 Å². The van der Waals surface area contributed by atoms with E-state index in [0.717, 1.165) is 24.1 Å².